The van der Waals surface area contributed by atoms with Crippen molar-refractivity contribution < 1.29 is 11.0 Å². The van der Waals surface area contributed by atoms with Gasteiger partial charge in [0.1, 0.15) is 11.5 Å². The highest BCUT2D eigenvalue weighted by Gasteiger charge is 2.27. The van der Waals surface area contributed by atoms with Gasteiger partial charge in [0, 0.05) is 57.3 Å². The number of ketones is 2. The lowest BCUT2D eigenvalue weighted by Crippen LogP contribution is -2.48. The number of allylic oxidation sites excluding steroid dienone is 4. The lowest BCUT2D eigenvalue weighted by molar-refractivity contribution is -0.113. The summed E-state index contributed by atoms with van der Waals surface area (Å²) in [6, 6.07) is 4.13. The molecule has 3 aliphatic carbocycles. The van der Waals surface area contributed by atoms with E-state index in [0.717, 1.165) is 80.3 Å². The Morgan fingerprint density at radius 2 is 1.57 bits per heavy atom. The summed E-state index contributed by atoms with van der Waals surface area (Å²) in [5, 5.41) is 3.98. The molecule has 54 heavy (non-hydrogen) atoms. The van der Waals surface area contributed by atoms with Crippen LogP contribution in [0.3, 0.4) is 0 Å². The molecule has 4 heterocycles. The number of hydrogen-bond acceptors (Lipinski definition) is 9. The van der Waals surface area contributed by atoms with Gasteiger partial charge >= 0.3 is 0 Å². The van der Waals surface area contributed by atoms with Gasteiger partial charge in [-0.1, -0.05) is 85.0 Å². The Balaban J connectivity index is 0.000000446. The first-order chi connectivity index (χ1) is 25.7. The van der Waals surface area contributed by atoms with E-state index in [1.807, 2.05) is 37.4 Å². The van der Waals surface area contributed by atoms with Gasteiger partial charge in [-0.25, -0.2) is 9.97 Å². The standard InChI is InChI=1S/C33H45N7O2.C6H6O.C5H12.H2/c1-4-24-8-7-9-25(18-24)21-38-14-16-39(17-15-38)27-12-13-29(34-19-27)36-33-35-20-28-22(2)30(23(3)41)32(42)40(31(28)37-33)26-10-5-6-11-26;1-5(7)6-3-2-4-6;1-5(2,3)4;/h12-13,19-20,24-26H,4-11,14-18,21H2,1-3H3,(H,34,35,36,37);2-4H,1H3;1-4H3;1H. The van der Waals surface area contributed by atoms with Gasteiger partial charge in [-0.3, -0.25) is 23.9 Å². The normalized spacial score (nSPS) is 20.3. The summed E-state index contributed by atoms with van der Waals surface area (Å²) in [7, 11) is 0. The van der Waals surface area contributed by atoms with Gasteiger partial charge in [-0.05, 0) is 81.4 Å². The smallest absolute Gasteiger partial charge is 0.263 e. The van der Waals surface area contributed by atoms with Gasteiger partial charge < -0.3 is 10.2 Å². The molecule has 1 N–H and O–H groups in total. The van der Waals surface area contributed by atoms with E-state index in [0.29, 0.717) is 28.4 Å². The summed E-state index contributed by atoms with van der Waals surface area (Å²) >= 11 is 0. The van der Waals surface area contributed by atoms with E-state index < -0.39 is 0 Å². The van der Waals surface area contributed by atoms with Crippen LogP contribution in [0.15, 0.2) is 53.1 Å². The number of anilines is 3. The first kappa shape index (κ1) is 41.0. The molecular formula is C44H65N7O3. The quantitative estimate of drug-likeness (QED) is 0.215. The van der Waals surface area contributed by atoms with E-state index in [-0.39, 0.29) is 30.2 Å². The third-order valence-corrected chi connectivity index (χ3v) is 10.9. The van der Waals surface area contributed by atoms with Gasteiger partial charge in [0.2, 0.25) is 5.95 Å². The summed E-state index contributed by atoms with van der Waals surface area (Å²) in [6.07, 6.45) is 20.1. The maximum absolute atomic E-state index is 13.5. The molecule has 0 amide bonds. The Labute approximate surface area is 324 Å². The molecule has 3 fully saturated rings. The van der Waals surface area contributed by atoms with E-state index in [9.17, 15) is 14.4 Å². The van der Waals surface area contributed by atoms with Crippen LogP contribution in [0.2, 0.25) is 0 Å². The highest BCUT2D eigenvalue weighted by Crippen LogP contribution is 2.33. The molecule has 3 aromatic heterocycles. The minimum Gasteiger partial charge on any atom is -0.368 e. The molecule has 10 heteroatoms. The van der Waals surface area contributed by atoms with Crippen LogP contribution in [0.25, 0.3) is 11.0 Å². The number of Topliss-reactive ketones (excluding diaryl/α,β-unsaturated/α-hetero) is 2. The summed E-state index contributed by atoms with van der Waals surface area (Å²) in [5.41, 5.74) is 3.70. The first-order valence-electron chi connectivity index (χ1n) is 20.2. The second-order valence-electron chi connectivity index (χ2n) is 17.3. The molecule has 1 saturated heterocycles. The topological polar surface area (TPSA) is 113 Å². The molecule has 1 aliphatic heterocycles. The van der Waals surface area contributed by atoms with Crippen molar-refractivity contribution in [2.45, 2.75) is 119 Å². The number of carbonyl (C=O) groups excluding carboxylic acids is 2. The molecule has 294 valence electrons. The van der Waals surface area contributed by atoms with Crippen LogP contribution < -0.4 is 15.8 Å². The Morgan fingerprint density at radius 1 is 0.907 bits per heavy atom. The highest BCUT2D eigenvalue weighted by atomic mass is 16.1. The monoisotopic (exact) mass is 740 g/mol. The van der Waals surface area contributed by atoms with Crippen LogP contribution in [-0.4, -0.2) is 68.7 Å². The summed E-state index contributed by atoms with van der Waals surface area (Å²) in [5.74, 6) is 2.80. The third-order valence-electron chi connectivity index (χ3n) is 10.9. The highest BCUT2D eigenvalue weighted by molar-refractivity contribution is 5.99. The van der Waals surface area contributed by atoms with Crippen molar-refractivity contribution in [3.63, 3.8) is 0 Å². The van der Waals surface area contributed by atoms with Gasteiger partial charge in [-0.15, -0.1) is 0 Å². The molecular weight excluding hydrogens is 675 g/mol. The second-order valence-corrected chi connectivity index (χ2v) is 17.3. The molecule has 2 unspecified atom stereocenters. The number of nitrogens with one attached hydrogen (secondary N) is 1. The number of hydrogen-bond donors (Lipinski definition) is 1. The Morgan fingerprint density at radius 3 is 2.11 bits per heavy atom. The number of aromatic nitrogens is 4. The Kier molecular flexibility index (Phi) is 14.0. The zero-order chi connectivity index (χ0) is 39.0. The predicted molar refractivity (Wildman–Crippen MR) is 223 cm³/mol. The lowest BCUT2D eigenvalue weighted by atomic mass is 9.80. The van der Waals surface area contributed by atoms with Crippen molar-refractivity contribution in [3.05, 3.63) is 69.8 Å². The van der Waals surface area contributed by atoms with Gasteiger partial charge in [-0.2, -0.15) is 4.98 Å². The fourth-order valence-corrected chi connectivity index (χ4v) is 7.99. The molecule has 0 radical (unpaired) electrons. The molecule has 4 aliphatic rings. The average Bonchev–Trinajstić information content (AvgIpc) is 3.62. The fraction of sp³-hybridized carbons (Fsp3) is 0.591. The number of piperazine rings is 1. The molecule has 0 bridgehead atoms. The molecule has 7 rings (SSSR count). The predicted octanol–water partition coefficient (Wildman–Crippen LogP) is 9.26. The molecule has 0 aromatic carbocycles. The Hall–Kier alpha value is -4.18. The lowest BCUT2D eigenvalue weighted by Gasteiger charge is -2.39. The number of fused-ring (bicyclic) bond motifs is 1. The van der Waals surface area contributed by atoms with Gasteiger partial charge in [0.25, 0.3) is 5.56 Å². The van der Waals surface area contributed by atoms with Crippen molar-refractivity contribution in [3.8, 4) is 0 Å². The number of carbonyl (C=O) groups is 2. The van der Waals surface area contributed by atoms with Crippen LogP contribution in [0, 0.1) is 24.2 Å². The molecule has 2 saturated carbocycles. The Bertz CT molecular complexity index is 1880. The zero-order valence-electron chi connectivity index (χ0n) is 34.1. The first-order valence-corrected chi connectivity index (χ1v) is 20.2. The van der Waals surface area contributed by atoms with E-state index in [1.165, 1.54) is 45.6 Å². The summed E-state index contributed by atoms with van der Waals surface area (Å²) < 4.78 is 1.74. The van der Waals surface area contributed by atoms with Crippen LogP contribution in [-0.2, 0) is 4.79 Å². The molecule has 3 aromatic rings. The van der Waals surface area contributed by atoms with E-state index >= 15 is 0 Å². The van der Waals surface area contributed by atoms with Crippen LogP contribution in [0.5, 0.6) is 0 Å². The van der Waals surface area contributed by atoms with E-state index in [4.69, 9.17) is 4.98 Å². The second kappa shape index (κ2) is 18.4. The average molecular weight is 740 g/mol. The minimum absolute atomic E-state index is 0. The number of nitrogens with zero attached hydrogens (tertiary/aromatic N) is 6. The van der Waals surface area contributed by atoms with Crippen LogP contribution in [0.1, 0.15) is 130 Å². The summed E-state index contributed by atoms with van der Waals surface area (Å²) in [6.45, 7) is 21.4. The maximum Gasteiger partial charge on any atom is 0.263 e. The number of aryl methyl sites for hydroxylation is 1. The maximum atomic E-state index is 13.5. The molecule has 2 atom stereocenters. The van der Waals surface area contributed by atoms with E-state index in [1.54, 1.807) is 17.7 Å². The van der Waals surface area contributed by atoms with Gasteiger partial charge in [0.15, 0.2) is 11.6 Å². The van der Waals surface area contributed by atoms with Crippen molar-refractivity contribution in [2.75, 3.05) is 42.9 Å². The molecule has 0 spiro atoms. The van der Waals surface area contributed by atoms with Crippen LogP contribution in [0.4, 0.5) is 17.5 Å². The number of rotatable bonds is 9. The summed E-state index contributed by atoms with van der Waals surface area (Å²) in [4.78, 5) is 55.2. The minimum atomic E-state index is -0.240. The van der Waals surface area contributed by atoms with Crippen LogP contribution >= 0.6 is 0 Å². The molecule has 10 nitrogen and oxygen atoms in total. The van der Waals surface area contributed by atoms with E-state index in [2.05, 4.69) is 65.8 Å². The third kappa shape index (κ3) is 11.0. The largest absolute Gasteiger partial charge is 0.368 e. The van der Waals surface area contributed by atoms with Crippen molar-refractivity contribution in [2.24, 2.45) is 17.3 Å². The van der Waals surface area contributed by atoms with Crippen molar-refractivity contribution >= 4 is 40.1 Å². The van der Waals surface area contributed by atoms with Gasteiger partial charge in [0.05, 0.1) is 17.4 Å². The van der Waals surface area contributed by atoms with Crippen molar-refractivity contribution in [1.29, 1.82) is 0 Å². The van der Waals surface area contributed by atoms with Crippen molar-refractivity contribution in [1.82, 2.24) is 24.4 Å². The zero-order valence-corrected chi connectivity index (χ0v) is 34.1. The fourth-order valence-electron chi connectivity index (χ4n) is 7.99. The number of pyridine rings is 2. The SMILES string of the molecule is CC(=O)C1=CC=C1.CC(C)(C)C.CCC1CCCC(CN2CCN(c3ccc(Nc4ncc5c(C)c(C(C)=O)c(=O)n(C6CCCC6)c5n4)nc3)CC2)C1.[HH].